The number of halogens is 4. The number of anilines is 1. The fourth-order valence-corrected chi connectivity index (χ4v) is 3.18. The van der Waals surface area contributed by atoms with Crippen LogP contribution in [0, 0.1) is 5.82 Å². The van der Waals surface area contributed by atoms with Crippen molar-refractivity contribution in [2.45, 2.75) is 6.18 Å². The third-order valence-electron chi connectivity index (χ3n) is 4.42. The van der Waals surface area contributed by atoms with Gasteiger partial charge in [-0.1, -0.05) is 0 Å². The number of H-pyrrole nitrogens is 1. The third kappa shape index (κ3) is 7.30. The quantitative estimate of drug-likeness (QED) is 0.439. The van der Waals surface area contributed by atoms with Gasteiger partial charge in [0.05, 0.1) is 16.9 Å². The Morgan fingerprint density at radius 1 is 1.03 bits per heavy atom. The Morgan fingerprint density at radius 3 is 2.43 bits per heavy atom. The van der Waals surface area contributed by atoms with Crippen LogP contribution < -0.4 is 20.3 Å². The van der Waals surface area contributed by atoms with E-state index in [2.05, 4.69) is 10.3 Å². The van der Waals surface area contributed by atoms with Crippen molar-refractivity contribution in [3.05, 3.63) is 82.0 Å². The summed E-state index contributed by atoms with van der Waals surface area (Å²) in [5.41, 5.74) is -1.89. The fourth-order valence-electron chi connectivity index (χ4n) is 2.79. The fraction of sp³-hybridized carbons (Fsp3) is 0.182. The number of aromatic amines is 1. The number of alkyl halides is 3. The van der Waals surface area contributed by atoms with Crippen LogP contribution in [0.15, 0.2) is 59.5 Å². The Balaban J connectivity index is 1.98. The molecule has 35 heavy (non-hydrogen) atoms. The second-order valence-corrected chi connectivity index (χ2v) is 9.54. The molecule has 0 spiro atoms. The molecule has 3 aromatic rings. The molecule has 0 aliphatic heterocycles. The molecule has 8 nitrogen and oxygen atoms in total. The number of ether oxygens (including phenoxy) is 2. The van der Waals surface area contributed by atoms with Gasteiger partial charge >= 0.3 is 6.18 Å². The van der Waals surface area contributed by atoms with Crippen LogP contribution in [-0.4, -0.2) is 37.9 Å². The molecule has 13 heteroatoms. The summed E-state index contributed by atoms with van der Waals surface area (Å²) in [6.07, 6.45) is -2.54. The van der Waals surface area contributed by atoms with Gasteiger partial charge in [0.15, 0.2) is 21.3 Å². The number of nitrogens with one attached hydrogen (secondary N) is 2. The molecule has 2 N–H and O–H groups in total. The highest BCUT2D eigenvalue weighted by Crippen LogP contribution is 2.38. The van der Waals surface area contributed by atoms with Gasteiger partial charge in [-0.15, -0.1) is 0 Å². The first-order valence-electron chi connectivity index (χ1n) is 9.81. The highest BCUT2D eigenvalue weighted by molar-refractivity contribution is 7.90. The summed E-state index contributed by atoms with van der Waals surface area (Å²) in [5, 5.41) is 2.38. The zero-order valence-electron chi connectivity index (χ0n) is 18.0. The van der Waals surface area contributed by atoms with Crippen molar-refractivity contribution in [1.29, 1.82) is 0 Å². The number of hydrogen-bond donors (Lipinski definition) is 2. The lowest BCUT2D eigenvalue weighted by Crippen LogP contribution is -2.16. The van der Waals surface area contributed by atoms with E-state index in [-0.39, 0.29) is 29.4 Å². The summed E-state index contributed by atoms with van der Waals surface area (Å²) in [4.78, 5) is 26.6. The van der Waals surface area contributed by atoms with E-state index in [1.807, 2.05) is 0 Å². The molecule has 186 valence electrons. The number of amides is 1. The Morgan fingerprint density at radius 2 is 1.77 bits per heavy atom. The summed E-state index contributed by atoms with van der Waals surface area (Å²) in [6, 6.07) is 7.43. The average Bonchev–Trinajstić information content (AvgIpc) is 2.74. The molecule has 0 aliphatic carbocycles. The maximum absolute atomic E-state index is 13.8. The van der Waals surface area contributed by atoms with Gasteiger partial charge in [-0.05, 0) is 36.4 Å². The van der Waals surface area contributed by atoms with Crippen molar-refractivity contribution >= 4 is 21.4 Å². The van der Waals surface area contributed by atoms with Crippen LogP contribution >= 0.6 is 0 Å². The van der Waals surface area contributed by atoms with Crippen LogP contribution in [-0.2, 0) is 16.0 Å². The van der Waals surface area contributed by atoms with Crippen LogP contribution in [0.1, 0.15) is 15.9 Å². The van der Waals surface area contributed by atoms with E-state index < -0.39 is 50.4 Å². The van der Waals surface area contributed by atoms with Crippen molar-refractivity contribution in [3.8, 4) is 17.2 Å². The van der Waals surface area contributed by atoms with E-state index in [9.17, 15) is 35.6 Å². The van der Waals surface area contributed by atoms with Crippen LogP contribution in [0.25, 0.3) is 0 Å². The van der Waals surface area contributed by atoms with Crippen molar-refractivity contribution in [1.82, 2.24) is 4.98 Å². The lowest BCUT2D eigenvalue weighted by molar-refractivity contribution is -0.137. The Hall–Kier alpha value is -3.87. The first kappa shape index (κ1) is 25.7. The van der Waals surface area contributed by atoms with Crippen molar-refractivity contribution < 1.29 is 40.2 Å². The van der Waals surface area contributed by atoms with Crippen molar-refractivity contribution in [3.63, 3.8) is 0 Å². The van der Waals surface area contributed by atoms with E-state index in [1.54, 1.807) is 0 Å². The van der Waals surface area contributed by atoms with Gasteiger partial charge in [0, 0.05) is 30.3 Å². The SMILES string of the molecule is CS(=O)(=O)CCOc1cc(F)ccc1Oc1cc(C(F)(F)F)ccc1C(=O)Nc1cc[nH]c(=O)c1. The van der Waals surface area contributed by atoms with Gasteiger partial charge in [0.25, 0.3) is 5.91 Å². The molecule has 0 saturated carbocycles. The van der Waals surface area contributed by atoms with E-state index in [1.165, 1.54) is 12.3 Å². The van der Waals surface area contributed by atoms with Crippen LogP contribution in [0.5, 0.6) is 17.2 Å². The summed E-state index contributed by atoms with van der Waals surface area (Å²) < 4.78 is 87.2. The number of pyridine rings is 1. The summed E-state index contributed by atoms with van der Waals surface area (Å²) >= 11 is 0. The summed E-state index contributed by atoms with van der Waals surface area (Å²) in [7, 11) is -3.41. The standard InChI is InChI=1S/C22H18F4N2O6S/c1-35(31,32)9-8-33-19-11-14(23)3-5-17(19)34-18-10-13(22(24,25)26)2-4-16(18)21(30)28-15-6-7-27-20(29)12-15/h2-7,10-12H,8-9H2,1H3,(H2,27,28,29,30). The zero-order valence-corrected chi connectivity index (χ0v) is 18.8. The Bertz CT molecular complexity index is 1400. The molecule has 1 amide bonds. The minimum Gasteiger partial charge on any atom is -0.489 e. The number of sulfone groups is 1. The highest BCUT2D eigenvalue weighted by Gasteiger charge is 2.32. The summed E-state index contributed by atoms with van der Waals surface area (Å²) in [6.45, 7) is -0.378. The predicted molar refractivity (Wildman–Crippen MR) is 118 cm³/mol. The molecule has 2 aromatic carbocycles. The predicted octanol–water partition coefficient (Wildman–Crippen LogP) is 4.00. The van der Waals surface area contributed by atoms with Gasteiger partial charge < -0.3 is 19.8 Å². The molecule has 0 saturated heterocycles. The molecule has 0 bridgehead atoms. The number of benzene rings is 2. The maximum atomic E-state index is 13.8. The smallest absolute Gasteiger partial charge is 0.416 e. The van der Waals surface area contributed by atoms with Crippen LogP contribution in [0.3, 0.4) is 0 Å². The molecular formula is C22H18F4N2O6S. The molecule has 0 fully saturated rings. The monoisotopic (exact) mass is 514 g/mol. The molecular weight excluding hydrogens is 496 g/mol. The number of carbonyl (C=O) groups excluding carboxylic acids is 1. The molecule has 1 heterocycles. The summed E-state index contributed by atoms with van der Waals surface area (Å²) in [5.74, 6) is -3.15. The number of carbonyl (C=O) groups is 1. The zero-order chi connectivity index (χ0) is 25.8. The lowest BCUT2D eigenvalue weighted by atomic mass is 10.1. The van der Waals surface area contributed by atoms with E-state index in [0.29, 0.717) is 12.1 Å². The first-order valence-corrected chi connectivity index (χ1v) is 11.9. The van der Waals surface area contributed by atoms with Crippen LogP contribution in [0.4, 0.5) is 23.2 Å². The first-order chi connectivity index (χ1) is 16.3. The van der Waals surface area contributed by atoms with E-state index in [0.717, 1.165) is 36.6 Å². The van der Waals surface area contributed by atoms with E-state index >= 15 is 0 Å². The Kier molecular flexibility index (Phi) is 7.48. The molecule has 0 unspecified atom stereocenters. The minimum atomic E-state index is -4.77. The molecule has 0 radical (unpaired) electrons. The average molecular weight is 514 g/mol. The largest absolute Gasteiger partial charge is 0.489 e. The van der Waals surface area contributed by atoms with Gasteiger partial charge in [-0.2, -0.15) is 13.2 Å². The normalized spacial score (nSPS) is 11.7. The minimum absolute atomic E-state index is 0.0798. The molecule has 1 aromatic heterocycles. The van der Waals surface area contributed by atoms with Crippen molar-refractivity contribution in [2.75, 3.05) is 23.9 Å². The second-order valence-electron chi connectivity index (χ2n) is 7.28. The number of rotatable bonds is 8. The lowest BCUT2D eigenvalue weighted by Gasteiger charge is -2.17. The van der Waals surface area contributed by atoms with Gasteiger partial charge in [-0.3, -0.25) is 9.59 Å². The number of aromatic nitrogens is 1. The highest BCUT2D eigenvalue weighted by atomic mass is 32.2. The van der Waals surface area contributed by atoms with Crippen molar-refractivity contribution in [2.24, 2.45) is 0 Å². The second kappa shape index (κ2) is 10.2. The third-order valence-corrected chi connectivity index (χ3v) is 5.33. The van der Waals surface area contributed by atoms with E-state index in [4.69, 9.17) is 9.47 Å². The van der Waals surface area contributed by atoms with Gasteiger partial charge in [0.1, 0.15) is 18.2 Å². The Labute approximate surface area is 196 Å². The molecule has 0 atom stereocenters. The topological polar surface area (TPSA) is 115 Å². The van der Waals surface area contributed by atoms with Gasteiger partial charge in [-0.25, -0.2) is 12.8 Å². The maximum Gasteiger partial charge on any atom is 0.416 e. The molecule has 0 aliphatic rings. The molecule has 3 rings (SSSR count). The van der Waals surface area contributed by atoms with Gasteiger partial charge in [0.2, 0.25) is 5.56 Å². The van der Waals surface area contributed by atoms with Crippen LogP contribution in [0.2, 0.25) is 0 Å². The number of hydrogen-bond acceptors (Lipinski definition) is 6.